The number of benzene rings is 1. The predicted octanol–water partition coefficient (Wildman–Crippen LogP) is 3.73. The van der Waals surface area contributed by atoms with Crippen LogP contribution in [-0.4, -0.2) is 24.5 Å². The third kappa shape index (κ3) is 5.64. The number of aryl methyl sites for hydroxylation is 1. The number of hydrogen-bond acceptors (Lipinski definition) is 3. The lowest BCUT2D eigenvalue weighted by molar-refractivity contribution is -0.142. The predicted molar refractivity (Wildman–Crippen MR) is 79.9 cm³/mol. The molecule has 1 aromatic rings. The first kappa shape index (κ1) is 16.0. The highest BCUT2D eigenvalue weighted by Crippen LogP contribution is 2.21. The third-order valence-electron chi connectivity index (χ3n) is 2.80. The van der Waals surface area contributed by atoms with Crippen LogP contribution in [0.2, 0.25) is 0 Å². The molecule has 0 saturated carbocycles. The Balaban J connectivity index is 2.35. The zero-order chi connectivity index (χ0) is 14.1. The first-order chi connectivity index (χ1) is 9.19. The maximum absolute atomic E-state index is 11.6. The van der Waals surface area contributed by atoms with Crippen molar-refractivity contribution in [1.29, 1.82) is 0 Å². The van der Waals surface area contributed by atoms with Crippen LogP contribution < -0.4 is 4.74 Å². The van der Waals surface area contributed by atoms with E-state index in [1.165, 1.54) is 5.56 Å². The molecule has 19 heavy (non-hydrogen) atoms. The summed E-state index contributed by atoms with van der Waals surface area (Å²) in [6.45, 7) is 2.48. The highest BCUT2D eigenvalue weighted by molar-refractivity contribution is 9.10. The second-order valence-corrected chi connectivity index (χ2v) is 5.44. The fraction of sp³-hybridized carbons (Fsp3) is 0.533. The van der Waals surface area contributed by atoms with Crippen LogP contribution in [0.5, 0.6) is 5.75 Å². The monoisotopic (exact) mass is 328 g/mol. The molecule has 0 heterocycles. The number of carbonyl (C=O) groups is 1. The molecule has 0 N–H and O–H groups in total. The average Bonchev–Trinajstić information content (AvgIpc) is 2.45. The van der Waals surface area contributed by atoms with Gasteiger partial charge in [-0.1, -0.05) is 41.1 Å². The van der Waals surface area contributed by atoms with E-state index in [1.807, 2.05) is 25.1 Å². The number of esters is 1. The van der Waals surface area contributed by atoms with Gasteiger partial charge in [-0.05, 0) is 37.3 Å². The fourth-order valence-electron chi connectivity index (χ4n) is 1.79. The second kappa shape index (κ2) is 8.97. The van der Waals surface area contributed by atoms with Gasteiger partial charge < -0.3 is 9.47 Å². The van der Waals surface area contributed by atoms with Gasteiger partial charge in [0.05, 0.1) is 13.7 Å². The molecule has 3 nitrogen and oxygen atoms in total. The number of methoxy groups -OCH3 is 1. The molecule has 1 rings (SSSR count). The Morgan fingerprint density at radius 2 is 2.11 bits per heavy atom. The zero-order valence-electron chi connectivity index (χ0n) is 11.5. The van der Waals surface area contributed by atoms with Gasteiger partial charge in [-0.25, -0.2) is 0 Å². The largest absolute Gasteiger partial charge is 0.496 e. The van der Waals surface area contributed by atoms with E-state index < -0.39 is 0 Å². The molecule has 0 radical (unpaired) electrons. The normalized spacial score (nSPS) is 11.9. The molecule has 0 spiro atoms. The van der Waals surface area contributed by atoms with E-state index in [1.54, 1.807) is 7.11 Å². The average molecular weight is 329 g/mol. The molecule has 0 fully saturated rings. The van der Waals surface area contributed by atoms with Crippen LogP contribution in [0.1, 0.15) is 31.7 Å². The van der Waals surface area contributed by atoms with Gasteiger partial charge in [-0.15, -0.1) is 0 Å². The summed E-state index contributed by atoms with van der Waals surface area (Å²) in [5.74, 6) is 0.740. The van der Waals surface area contributed by atoms with Gasteiger partial charge in [0, 0.05) is 0 Å². The Labute approximate surface area is 123 Å². The standard InChI is InChI=1S/C15H21BrO3/c1-3-11-19-15(17)13(16)9-6-8-12-7-4-5-10-14(12)18-2/h4-5,7,10,13H,3,6,8-9,11H2,1-2H3. The van der Waals surface area contributed by atoms with E-state index in [4.69, 9.17) is 9.47 Å². The molecule has 0 aliphatic rings. The maximum atomic E-state index is 11.6. The lowest BCUT2D eigenvalue weighted by Crippen LogP contribution is -2.18. The van der Waals surface area contributed by atoms with Gasteiger partial charge in [0.25, 0.3) is 0 Å². The number of para-hydroxylation sites is 1. The van der Waals surface area contributed by atoms with Gasteiger partial charge in [0.15, 0.2) is 0 Å². The van der Waals surface area contributed by atoms with Crippen LogP contribution in [0.25, 0.3) is 0 Å². The van der Waals surface area contributed by atoms with Crippen molar-refractivity contribution in [2.75, 3.05) is 13.7 Å². The third-order valence-corrected chi connectivity index (χ3v) is 3.63. The van der Waals surface area contributed by atoms with Gasteiger partial charge in [0.1, 0.15) is 10.6 Å². The molecular weight excluding hydrogens is 308 g/mol. The van der Waals surface area contributed by atoms with Crippen LogP contribution in [-0.2, 0) is 16.0 Å². The fourth-order valence-corrected chi connectivity index (χ4v) is 2.25. The number of rotatable bonds is 8. The molecule has 0 amide bonds. The van der Waals surface area contributed by atoms with Gasteiger partial charge in [-0.2, -0.15) is 0 Å². The summed E-state index contributed by atoms with van der Waals surface area (Å²) < 4.78 is 10.4. The quantitative estimate of drug-likeness (QED) is 0.538. The molecular formula is C15H21BrO3. The van der Waals surface area contributed by atoms with Crippen molar-refractivity contribution >= 4 is 21.9 Å². The molecule has 0 saturated heterocycles. The van der Waals surface area contributed by atoms with Crippen LogP contribution in [0.15, 0.2) is 24.3 Å². The van der Waals surface area contributed by atoms with Gasteiger partial charge in [0.2, 0.25) is 0 Å². The summed E-state index contributed by atoms with van der Waals surface area (Å²) in [7, 11) is 1.67. The first-order valence-electron chi connectivity index (χ1n) is 6.61. The lowest BCUT2D eigenvalue weighted by Gasteiger charge is -2.11. The van der Waals surface area contributed by atoms with Crippen LogP contribution in [0, 0.1) is 0 Å². The Morgan fingerprint density at radius 3 is 2.79 bits per heavy atom. The summed E-state index contributed by atoms with van der Waals surface area (Å²) >= 11 is 3.38. The van der Waals surface area contributed by atoms with Crippen molar-refractivity contribution in [3.8, 4) is 5.75 Å². The SMILES string of the molecule is CCCOC(=O)C(Br)CCCc1ccccc1OC. The molecule has 106 valence electrons. The van der Waals surface area contributed by atoms with E-state index in [0.717, 1.165) is 31.4 Å². The smallest absolute Gasteiger partial charge is 0.319 e. The number of halogens is 1. The summed E-state index contributed by atoms with van der Waals surface area (Å²) in [5, 5.41) is 0. The van der Waals surface area contributed by atoms with Gasteiger partial charge >= 0.3 is 5.97 Å². The van der Waals surface area contributed by atoms with Crippen molar-refractivity contribution < 1.29 is 14.3 Å². The molecule has 0 aromatic heterocycles. The number of ether oxygens (including phenoxy) is 2. The van der Waals surface area contributed by atoms with Crippen molar-refractivity contribution in [3.05, 3.63) is 29.8 Å². The van der Waals surface area contributed by atoms with E-state index in [2.05, 4.69) is 22.0 Å². The van der Waals surface area contributed by atoms with E-state index >= 15 is 0 Å². The van der Waals surface area contributed by atoms with E-state index in [9.17, 15) is 4.79 Å². The Morgan fingerprint density at radius 1 is 1.37 bits per heavy atom. The summed E-state index contributed by atoms with van der Waals surface area (Å²) in [6.07, 6.45) is 3.43. The van der Waals surface area contributed by atoms with Crippen molar-refractivity contribution in [3.63, 3.8) is 0 Å². The van der Waals surface area contributed by atoms with Crippen LogP contribution in [0.4, 0.5) is 0 Å². The molecule has 0 aliphatic carbocycles. The Kier molecular flexibility index (Phi) is 7.56. The molecule has 0 aliphatic heterocycles. The minimum atomic E-state index is -0.214. The zero-order valence-corrected chi connectivity index (χ0v) is 13.1. The number of hydrogen-bond donors (Lipinski definition) is 0. The minimum Gasteiger partial charge on any atom is -0.496 e. The number of carbonyl (C=O) groups excluding carboxylic acids is 1. The number of alkyl halides is 1. The molecule has 1 atom stereocenters. The highest BCUT2D eigenvalue weighted by atomic mass is 79.9. The van der Waals surface area contributed by atoms with Crippen LogP contribution in [0.3, 0.4) is 0 Å². The Bertz CT molecular complexity index is 393. The van der Waals surface area contributed by atoms with E-state index in [-0.39, 0.29) is 10.8 Å². The highest BCUT2D eigenvalue weighted by Gasteiger charge is 2.15. The van der Waals surface area contributed by atoms with Crippen molar-refractivity contribution in [1.82, 2.24) is 0 Å². The van der Waals surface area contributed by atoms with Crippen LogP contribution >= 0.6 is 15.9 Å². The van der Waals surface area contributed by atoms with Crippen molar-refractivity contribution in [2.24, 2.45) is 0 Å². The summed E-state index contributed by atoms with van der Waals surface area (Å²) in [6, 6.07) is 7.96. The second-order valence-electron chi connectivity index (χ2n) is 4.34. The lowest BCUT2D eigenvalue weighted by atomic mass is 10.1. The van der Waals surface area contributed by atoms with E-state index in [0.29, 0.717) is 6.61 Å². The van der Waals surface area contributed by atoms with Crippen molar-refractivity contribution in [2.45, 2.75) is 37.4 Å². The molecule has 1 unspecified atom stereocenters. The minimum absolute atomic E-state index is 0.165. The Hall–Kier alpha value is -1.03. The maximum Gasteiger partial charge on any atom is 0.319 e. The van der Waals surface area contributed by atoms with Gasteiger partial charge in [-0.3, -0.25) is 4.79 Å². The summed E-state index contributed by atoms with van der Waals surface area (Å²) in [4.78, 5) is 11.4. The first-order valence-corrected chi connectivity index (χ1v) is 7.53. The topological polar surface area (TPSA) is 35.5 Å². The summed E-state index contributed by atoms with van der Waals surface area (Å²) in [5.41, 5.74) is 1.17. The molecule has 0 bridgehead atoms. The molecule has 4 heteroatoms. The molecule has 1 aromatic carbocycles.